The first-order valence-corrected chi connectivity index (χ1v) is 12.7. The third-order valence-corrected chi connectivity index (χ3v) is 10.0. The number of rotatable bonds is 4. The Hall–Kier alpha value is -2.36. The summed E-state index contributed by atoms with van der Waals surface area (Å²) in [6.07, 6.45) is 12.4. The van der Waals surface area contributed by atoms with Gasteiger partial charge in [0.2, 0.25) is 0 Å². The van der Waals surface area contributed by atoms with Crippen molar-refractivity contribution in [3.63, 3.8) is 0 Å². The number of fused-ring (bicyclic) bond motifs is 5. The first-order valence-electron chi connectivity index (χ1n) is 12.7. The van der Waals surface area contributed by atoms with E-state index in [2.05, 4.69) is 18.1 Å². The number of nitrogens with two attached hydrogens (primary N) is 1. The number of carbonyl (C=O) groups excluding carboxylic acids is 2. The number of nitrogens with zero attached hydrogens (tertiary/aromatic N) is 3. The van der Waals surface area contributed by atoms with Crippen molar-refractivity contribution in [2.45, 2.75) is 83.8 Å². The summed E-state index contributed by atoms with van der Waals surface area (Å²) in [6, 6.07) is 2.09. The summed E-state index contributed by atoms with van der Waals surface area (Å²) in [4.78, 5) is 24.7. The summed E-state index contributed by atoms with van der Waals surface area (Å²) in [6.45, 7) is 4.69. The molecule has 1 aromatic rings. The molecule has 0 saturated heterocycles. The van der Waals surface area contributed by atoms with Gasteiger partial charge in [0.15, 0.2) is 5.78 Å². The highest BCUT2D eigenvalue weighted by molar-refractivity contribution is 5.82. The molecule has 33 heavy (non-hydrogen) atoms. The molecule has 0 spiro atoms. The van der Waals surface area contributed by atoms with Crippen molar-refractivity contribution >= 4 is 11.9 Å². The van der Waals surface area contributed by atoms with Crippen molar-refractivity contribution in [3.8, 4) is 6.07 Å². The number of primary amides is 1. The Morgan fingerprint density at radius 1 is 1.15 bits per heavy atom. The zero-order valence-corrected chi connectivity index (χ0v) is 19.8. The molecule has 0 aromatic carbocycles. The third-order valence-electron chi connectivity index (χ3n) is 10.0. The van der Waals surface area contributed by atoms with Crippen LogP contribution < -0.4 is 5.73 Å². The van der Waals surface area contributed by atoms with Gasteiger partial charge in [0, 0.05) is 12.1 Å². The number of nitriles is 1. The van der Waals surface area contributed by atoms with Gasteiger partial charge < -0.3 is 10.5 Å². The highest BCUT2D eigenvalue weighted by Gasteiger charge is 2.59. The molecule has 4 saturated carbocycles. The molecule has 1 aromatic heterocycles. The highest BCUT2D eigenvalue weighted by Crippen LogP contribution is 2.64. The van der Waals surface area contributed by atoms with E-state index in [0.29, 0.717) is 29.2 Å². The van der Waals surface area contributed by atoms with Crippen LogP contribution >= 0.6 is 0 Å². The number of ether oxygens (including phenoxy) is 1. The Morgan fingerprint density at radius 2 is 1.94 bits per heavy atom. The quantitative estimate of drug-likeness (QED) is 0.726. The van der Waals surface area contributed by atoms with E-state index in [9.17, 15) is 9.59 Å². The van der Waals surface area contributed by atoms with Crippen LogP contribution in [0.3, 0.4) is 0 Å². The number of carbonyl (C=O) groups is 2. The van der Waals surface area contributed by atoms with Crippen LogP contribution in [0.4, 0.5) is 4.79 Å². The van der Waals surface area contributed by atoms with E-state index in [1.165, 1.54) is 25.5 Å². The summed E-state index contributed by atoms with van der Waals surface area (Å²) >= 11 is 0. The fourth-order valence-electron chi connectivity index (χ4n) is 8.71. The largest absolute Gasteiger partial charge is 0.443 e. The Bertz CT molecular complexity index is 982. The second kappa shape index (κ2) is 8.14. The lowest BCUT2D eigenvalue weighted by Crippen LogP contribution is -2.52. The molecule has 4 aliphatic carbocycles. The molecule has 2 N–H and O–H groups in total. The standard InChI is InChI=1S/C26H36N4O3/c1-25(33-24(28)32)9-7-18-17(11-25)3-4-20-19(18)8-10-26(2)21(20)5-6-22(26)23(31)15-30-14-16(12-27)13-29-30/h13-14,17-22H,3-11,15H2,1-2H3,(H2,28,32)/t17-,18+,19?,20-,21?,22-,25-,26+/m1/s1. The number of hydrogen-bond donors (Lipinski definition) is 1. The molecule has 0 bridgehead atoms. The number of amides is 1. The average molecular weight is 453 g/mol. The van der Waals surface area contributed by atoms with E-state index >= 15 is 0 Å². The minimum Gasteiger partial charge on any atom is -0.443 e. The van der Waals surface area contributed by atoms with Gasteiger partial charge in [-0.1, -0.05) is 6.92 Å². The van der Waals surface area contributed by atoms with E-state index < -0.39 is 11.7 Å². The Kier molecular flexibility index (Phi) is 5.54. The lowest BCUT2D eigenvalue weighted by Gasteiger charge is -2.57. The van der Waals surface area contributed by atoms with E-state index in [0.717, 1.165) is 44.4 Å². The molecule has 4 aliphatic rings. The molecule has 0 radical (unpaired) electrons. The minimum absolute atomic E-state index is 0.0779. The van der Waals surface area contributed by atoms with Gasteiger partial charge in [-0.05, 0) is 99.7 Å². The summed E-state index contributed by atoms with van der Waals surface area (Å²) in [7, 11) is 0. The normalized spacial score (nSPS) is 41.8. The van der Waals surface area contributed by atoms with Crippen LogP contribution in [0, 0.1) is 52.3 Å². The van der Waals surface area contributed by atoms with Gasteiger partial charge in [0.25, 0.3) is 0 Å². The maximum absolute atomic E-state index is 13.3. The third kappa shape index (κ3) is 3.86. The SMILES string of the molecule is C[C@@]1(OC(N)=O)CC[C@@H]2C3CC[C@@]4(C)C(CC[C@@H]4C(=O)Cn4cc(C#N)cn4)[C@@H]3CC[C@@H]2C1. The first-order chi connectivity index (χ1) is 15.7. The first kappa shape index (κ1) is 22.4. The van der Waals surface area contributed by atoms with Gasteiger partial charge in [-0.25, -0.2) is 4.79 Å². The molecule has 1 amide bonds. The van der Waals surface area contributed by atoms with Crippen LogP contribution in [0.1, 0.15) is 77.2 Å². The van der Waals surface area contributed by atoms with Crippen molar-refractivity contribution < 1.29 is 14.3 Å². The monoisotopic (exact) mass is 452 g/mol. The van der Waals surface area contributed by atoms with Gasteiger partial charge >= 0.3 is 6.09 Å². The zero-order valence-electron chi connectivity index (χ0n) is 19.8. The number of aromatic nitrogens is 2. The summed E-state index contributed by atoms with van der Waals surface area (Å²) in [5.41, 5.74) is 5.51. The molecule has 4 fully saturated rings. The topological polar surface area (TPSA) is 111 Å². The Balaban J connectivity index is 1.27. The second-order valence-corrected chi connectivity index (χ2v) is 11.7. The predicted octanol–water partition coefficient (Wildman–Crippen LogP) is 4.45. The predicted molar refractivity (Wildman–Crippen MR) is 122 cm³/mol. The molecular formula is C26H36N4O3. The van der Waals surface area contributed by atoms with Crippen LogP contribution in [-0.2, 0) is 16.1 Å². The fraction of sp³-hybridized carbons (Fsp3) is 0.769. The highest BCUT2D eigenvalue weighted by atomic mass is 16.6. The smallest absolute Gasteiger partial charge is 0.405 e. The molecule has 7 heteroatoms. The summed E-state index contributed by atoms with van der Waals surface area (Å²) in [5, 5.41) is 13.2. The van der Waals surface area contributed by atoms with Crippen LogP contribution in [0.2, 0.25) is 0 Å². The second-order valence-electron chi connectivity index (χ2n) is 11.7. The van der Waals surface area contributed by atoms with E-state index in [4.69, 9.17) is 15.7 Å². The van der Waals surface area contributed by atoms with Gasteiger partial charge in [-0.15, -0.1) is 0 Å². The summed E-state index contributed by atoms with van der Waals surface area (Å²) < 4.78 is 7.15. The molecule has 1 heterocycles. The number of ketones is 1. The molecule has 5 rings (SSSR count). The van der Waals surface area contributed by atoms with E-state index in [1.807, 2.05) is 6.92 Å². The fourth-order valence-corrected chi connectivity index (χ4v) is 8.71. The van der Waals surface area contributed by atoms with Crippen LogP contribution in [-0.4, -0.2) is 27.3 Å². The molecule has 7 nitrogen and oxygen atoms in total. The lowest BCUT2D eigenvalue weighted by atomic mass is 9.49. The van der Waals surface area contributed by atoms with Crippen LogP contribution in [0.5, 0.6) is 0 Å². The van der Waals surface area contributed by atoms with E-state index in [1.54, 1.807) is 10.9 Å². The molecule has 0 aliphatic heterocycles. The van der Waals surface area contributed by atoms with Gasteiger partial charge in [0.1, 0.15) is 11.7 Å². The van der Waals surface area contributed by atoms with Gasteiger partial charge in [-0.2, -0.15) is 10.4 Å². The number of hydrogen-bond acceptors (Lipinski definition) is 5. The molecule has 2 unspecified atom stereocenters. The molecule has 178 valence electrons. The average Bonchev–Trinajstić information content (AvgIpc) is 3.35. The maximum atomic E-state index is 13.3. The Morgan fingerprint density at radius 3 is 2.67 bits per heavy atom. The lowest BCUT2D eigenvalue weighted by molar-refractivity contribution is -0.133. The molecular weight excluding hydrogens is 416 g/mol. The van der Waals surface area contributed by atoms with Crippen molar-refractivity contribution in [1.29, 1.82) is 5.26 Å². The van der Waals surface area contributed by atoms with Gasteiger partial charge in [-0.3, -0.25) is 9.48 Å². The zero-order chi connectivity index (χ0) is 23.4. The summed E-state index contributed by atoms with van der Waals surface area (Å²) in [5.74, 6) is 3.75. The van der Waals surface area contributed by atoms with Crippen molar-refractivity contribution in [2.24, 2.45) is 46.7 Å². The van der Waals surface area contributed by atoms with Crippen molar-refractivity contribution in [2.75, 3.05) is 0 Å². The van der Waals surface area contributed by atoms with Crippen molar-refractivity contribution in [3.05, 3.63) is 18.0 Å². The molecule has 8 atom stereocenters. The van der Waals surface area contributed by atoms with Gasteiger partial charge in [0.05, 0.1) is 18.3 Å². The van der Waals surface area contributed by atoms with E-state index in [-0.39, 0.29) is 23.7 Å². The van der Waals surface area contributed by atoms with Crippen molar-refractivity contribution in [1.82, 2.24) is 9.78 Å². The minimum atomic E-state index is -0.654. The Labute approximate surface area is 196 Å². The van der Waals surface area contributed by atoms with Crippen LogP contribution in [0.25, 0.3) is 0 Å². The van der Waals surface area contributed by atoms with Crippen LogP contribution in [0.15, 0.2) is 12.4 Å². The maximum Gasteiger partial charge on any atom is 0.405 e. The number of Topliss-reactive ketones (excluding diaryl/α,β-unsaturated/α-hetero) is 1.